The van der Waals surface area contributed by atoms with E-state index in [4.69, 9.17) is 11.6 Å². The Morgan fingerprint density at radius 1 is 1.04 bits per heavy atom. The predicted octanol–water partition coefficient (Wildman–Crippen LogP) is 4.31. The maximum atomic E-state index is 6.16. The summed E-state index contributed by atoms with van der Waals surface area (Å²) in [6, 6.07) is 17.9. The van der Waals surface area contributed by atoms with Crippen LogP contribution in [0.2, 0.25) is 5.02 Å². The van der Waals surface area contributed by atoms with Crippen molar-refractivity contribution < 1.29 is 0 Å². The number of hydrogen-bond acceptors (Lipinski definition) is 5. The van der Waals surface area contributed by atoms with Crippen LogP contribution in [-0.4, -0.2) is 15.2 Å². The molecular weight excluding hydrogens is 322 g/mol. The van der Waals surface area contributed by atoms with Crippen LogP contribution in [0.15, 0.2) is 60.8 Å². The normalized spacial score (nSPS) is 11.8. The molecule has 1 heterocycles. The van der Waals surface area contributed by atoms with Crippen molar-refractivity contribution in [3.8, 4) is 0 Å². The van der Waals surface area contributed by atoms with Gasteiger partial charge in [0.25, 0.3) is 0 Å². The first-order valence-corrected chi connectivity index (χ1v) is 8.08. The Morgan fingerprint density at radius 2 is 1.79 bits per heavy atom. The molecule has 122 valence electrons. The molecule has 0 saturated carbocycles. The molecule has 0 fully saturated rings. The first-order chi connectivity index (χ1) is 11.7. The molecule has 0 aliphatic heterocycles. The molecule has 0 bridgehead atoms. The Bertz CT molecular complexity index is 794. The van der Waals surface area contributed by atoms with Gasteiger partial charge in [0.1, 0.15) is 0 Å². The summed E-state index contributed by atoms with van der Waals surface area (Å²) < 4.78 is 0. The zero-order chi connectivity index (χ0) is 16.8. The van der Waals surface area contributed by atoms with Crippen LogP contribution in [-0.2, 0) is 6.54 Å². The van der Waals surface area contributed by atoms with Gasteiger partial charge in [0.05, 0.1) is 12.2 Å². The smallest absolute Gasteiger partial charge is 0.245 e. The van der Waals surface area contributed by atoms with Gasteiger partial charge in [0.15, 0.2) is 5.82 Å². The van der Waals surface area contributed by atoms with Gasteiger partial charge in [-0.05, 0) is 24.1 Å². The summed E-state index contributed by atoms with van der Waals surface area (Å²) in [4.78, 5) is 4.44. The maximum Gasteiger partial charge on any atom is 0.245 e. The van der Waals surface area contributed by atoms with Crippen LogP contribution >= 0.6 is 11.6 Å². The van der Waals surface area contributed by atoms with E-state index in [9.17, 15) is 0 Å². The molecule has 0 amide bonds. The third-order valence-corrected chi connectivity index (χ3v) is 3.99. The summed E-state index contributed by atoms with van der Waals surface area (Å²) in [7, 11) is 0. The van der Waals surface area contributed by atoms with Crippen LogP contribution in [0.3, 0.4) is 0 Å². The lowest BCUT2D eigenvalue weighted by Gasteiger charge is -2.14. The van der Waals surface area contributed by atoms with E-state index in [0.29, 0.717) is 18.3 Å². The standard InChI is InChI=1S/C18H18ClN5/c1-13(14-7-3-2-4-8-14)22-18-23-17(12-21-24-18)20-11-15-9-5-6-10-16(15)19/h2-10,12-13H,11H2,1H3,(H2,20,22,23,24). The van der Waals surface area contributed by atoms with Gasteiger partial charge in [-0.1, -0.05) is 60.1 Å². The predicted molar refractivity (Wildman–Crippen MR) is 97.1 cm³/mol. The Labute approximate surface area is 146 Å². The van der Waals surface area contributed by atoms with Gasteiger partial charge >= 0.3 is 0 Å². The van der Waals surface area contributed by atoms with E-state index in [1.807, 2.05) is 42.5 Å². The highest BCUT2D eigenvalue weighted by atomic mass is 35.5. The number of benzene rings is 2. The minimum Gasteiger partial charge on any atom is -0.364 e. The van der Waals surface area contributed by atoms with Crippen LogP contribution in [0.5, 0.6) is 0 Å². The zero-order valence-electron chi connectivity index (χ0n) is 13.3. The van der Waals surface area contributed by atoms with Crippen molar-refractivity contribution in [2.24, 2.45) is 0 Å². The largest absolute Gasteiger partial charge is 0.364 e. The van der Waals surface area contributed by atoms with E-state index in [2.05, 4.69) is 44.9 Å². The Kier molecular flexibility index (Phi) is 5.23. The number of nitrogens with one attached hydrogen (secondary N) is 2. The van der Waals surface area contributed by atoms with Crippen molar-refractivity contribution in [3.05, 3.63) is 76.9 Å². The lowest BCUT2D eigenvalue weighted by Crippen LogP contribution is -2.11. The van der Waals surface area contributed by atoms with E-state index in [0.717, 1.165) is 16.1 Å². The van der Waals surface area contributed by atoms with Crippen LogP contribution in [0.4, 0.5) is 11.8 Å². The highest BCUT2D eigenvalue weighted by Crippen LogP contribution is 2.18. The second-order valence-corrected chi connectivity index (χ2v) is 5.79. The second-order valence-electron chi connectivity index (χ2n) is 5.39. The Balaban J connectivity index is 1.65. The molecule has 0 spiro atoms. The van der Waals surface area contributed by atoms with E-state index >= 15 is 0 Å². The molecule has 3 aromatic rings. The van der Waals surface area contributed by atoms with Gasteiger partial charge in [0, 0.05) is 11.6 Å². The molecule has 1 atom stereocenters. The van der Waals surface area contributed by atoms with Crippen molar-refractivity contribution in [2.75, 3.05) is 10.6 Å². The van der Waals surface area contributed by atoms with Crippen LogP contribution < -0.4 is 10.6 Å². The molecule has 24 heavy (non-hydrogen) atoms. The fourth-order valence-electron chi connectivity index (χ4n) is 2.30. The van der Waals surface area contributed by atoms with Crippen LogP contribution in [0.25, 0.3) is 0 Å². The summed E-state index contributed by atoms with van der Waals surface area (Å²) in [5.74, 6) is 1.13. The van der Waals surface area contributed by atoms with Crippen LogP contribution in [0, 0.1) is 0 Å². The number of anilines is 2. The lowest BCUT2D eigenvalue weighted by atomic mass is 10.1. The monoisotopic (exact) mass is 339 g/mol. The third kappa shape index (κ3) is 4.20. The fraction of sp³-hybridized carbons (Fsp3) is 0.167. The lowest BCUT2D eigenvalue weighted by molar-refractivity contribution is 0.839. The molecule has 2 aromatic carbocycles. The molecule has 0 aliphatic carbocycles. The average molecular weight is 340 g/mol. The molecule has 6 heteroatoms. The summed E-state index contributed by atoms with van der Waals surface area (Å²) in [5.41, 5.74) is 2.17. The molecule has 1 unspecified atom stereocenters. The van der Waals surface area contributed by atoms with Gasteiger partial charge in [0.2, 0.25) is 5.95 Å². The number of hydrogen-bond donors (Lipinski definition) is 2. The molecule has 0 radical (unpaired) electrons. The summed E-state index contributed by atoms with van der Waals surface area (Å²) >= 11 is 6.16. The van der Waals surface area contributed by atoms with Crippen molar-refractivity contribution in [1.29, 1.82) is 0 Å². The third-order valence-electron chi connectivity index (χ3n) is 3.62. The molecule has 2 N–H and O–H groups in total. The Hall–Kier alpha value is -2.66. The van der Waals surface area contributed by atoms with Gasteiger partial charge < -0.3 is 10.6 Å². The van der Waals surface area contributed by atoms with Gasteiger partial charge in [-0.25, -0.2) is 0 Å². The first-order valence-electron chi connectivity index (χ1n) is 7.71. The second kappa shape index (κ2) is 7.75. The molecule has 0 aliphatic rings. The molecular formula is C18H18ClN5. The minimum atomic E-state index is 0.0896. The molecule has 0 saturated heterocycles. The highest BCUT2D eigenvalue weighted by molar-refractivity contribution is 6.31. The minimum absolute atomic E-state index is 0.0896. The number of rotatable bonds is 6. The van der Waals surface area contributed by atoms with Crippen molar-refractivity contribution in [1.82, 2.24) is 15.2 Å². The zero-order valence-corrected chi connectivity index (χ0v) is 14.0. The molecule has 3 rings (SSSR count). The summed E-state index contributed by atoms with van der Waals surface area (Å²) in [6.45, 7) is 2.63. The molecule has 1 aromatic heterocycles. The van der Waals surface area contributed by atoms with Crippen LogP contribution in [0.1, 0.15) is 24.1 Å². The number of nitrogens with zero attached hydrogens (tertiary/aromatic N) is 3. The average Bonchev–Trinajstić information content (AvgIpc) is 2.62. The van der Waals surface area contributed by atoms with E-state index in [1.54, 1.807) is 6.20 Å². The van der Waals surface area contributed by atoms with E-state index in [1.165, 1.54) is 0 Å². The highest BCUT2D eigenvalue weighted by Gasteiger charge is 2.08. The summed E-state index contributed by atoms with van der Waals surface area (Å²) in [5, 5.41) is 15.2. The quantitative estimate of drug-likeness (QED) is 0.700. The van der Waals surface area contributed by atoms with Crippen molar-refractivity contribution >= 4 is 23.4 Å². The van der Waals surface area contributed by atoms with Gasteiger partial charge in [-0.15, -0.1) is 5.10 Å². The number of aromatic nitrogens is 3. The van der Waals surface area contributed by atoms with Gasteiger partial charge in [-0.2, -0.15) is 10.1 Å². The van der Waals surface area contributed by atoms with Crippen molar-refractivity contribution in [3.63, 3.8) is 0 Å². The van der Waals surface area contributed by atoms with E-state index in [-0.39, 0.29) is 6.04 Å². The van der Waals surface area contributed by atoms with E-state index < -0.39 is 0 Å². The fourth-order valence-corrected chi connectivity index (χ4v) is 2.50. The Morgan fingerprint density at radius 3 is 2.58 bits per heavy atom. The molecule has 5 nitrogen and oxygen atoms in total. The van der Waals surface area contributed by atoms with Gasteiger partial charge in [-0.3, -0.25) is 0 Å². The topological polar surface area (TPSA) is 62.7 Å². The first kappa shape index (κ1) is 16.2. The summed E-state index contributed by atoms with van der Waals surface area (Å²) in [6.07, 6.45) is 1.59. The van der Waals surface area contributed by atoms with Crippen molar-refractivity contribution in [2.45, 2.75) is 19.5 Å². The maximum absolute atomic E-state index is 6.16. The SMILES string of the molecule is CC(Nc1nncc(NCc2ccccc2Cl)n1)c1ccccc1. The number of halogens is 1.